The second-order valence-electron chi connectivity index (χ2n) is 3.45. The Morgan fingerprint density at radius 1 is 1.57 bits per heavy atom. The van der Waals surface area contributed by atoms with Gasteiger partial charge in [0.1, 0.15) is 15.5 Å². The minimum Gasteiger partial charge on any atom is -0.477 e. The van der Waals surface area contributed by atoms with Crippen molar-refractivity contribution < 1.29 is 14.6 Å². The predicted molar refractivity (Wildman–Crippen MR) is 53.8 cm³/mol. The molecule has 0 aliphatic carbocycles. The topological polar surface area (TPSA) is 59.4 Å². The number of aryl methyl sites for hydroxylation is 1. The fourth-order valence-corrected chi connectivity index (χ4v) is 1.93. The van der Waals surface area contributed by atoms with E-state index in [4.69, 9.17) is 9.84 Å². The summed E-state index contributed by atoms with van der Waals surface area (Å²) in [6.07, 6.45) is 0. The molecule has 4 nitrogen and oxygen atoms in total. The molecule has 0 atom stereocenters. The van der Waals surface area contributed by atoms with Crippen molar-refractivity contribution in [3.8, 4) is 0 Å². The lowest BCUT2D eigenvalue weighted by Crippen LogP contribution is -2.18. The summed E-state index contributed by atoms with van der Waals surface area (Å²) in [7, 11) is 1.58. The van der Waals surface area contributed by atoms with Gasteiger partial charge >= 0.3 is 5.97 Å². The van der Waals surface area contributed by atoms with Gasteiger partial charge in [0.05, 0.1) is 5.69 Å². The Labute approximate surface area is 86.6 Å². The highest BCUT2D eigenvalue weighted by Gasteiger charge is 2.26. The minimum absolute atomic E-state index is 0.283. The quantitative estimate of drug-likeness (QED) is 0.838. The van der Waals surface area contributed by atoms with Crippen molar-refractivity contribution in [1.82, 2.24) is 4.98 Å². The van der Waals surface area contributed by atoms with E-state index in [-0.39, 0.29) is 4.88 Å². The fourth-order valence-electron chi connectivity index (χ4n) is 0.940. The predicted octanol–water partition coefficient (Wildman–Crippen LogP) is 2.03. The van der Waals surface area contributed by atoms with Gasteiger partial charge in [-0.25, -0.2) is 9.78 Å². The Kier molecular flexibility index (Phi) is 2.92. The molecule has 0 radical (unpaired) electrons. The molecule has 0 fully saturated rings. The number of hydrogen-bond donors (Lipinski definition) is 1. The molecule has 0 unspecified atom stereocenters. The highest BCUT2D eigenvalue weighted by atomic mass is 32.1. The van der Waals surface area contributed by atoms with E-state index < -0.39 is 11.6 Å². The first-order valence-corrected chi connectivity index (χ1v) is 4.96. The number of ether oxygens (including phenoxy) is 1. The van der Waals surface area contributed by atoms with E-state index in [2.05, 4.69) is 4.98 Å². The first-order valence-electron chi connectivity index (χ1n) is 4.15. The molecule has 0 aliphatic rings. The number of hydrogen-bond acceptors (Lipinski definition) is 4. The van der Waals surface area contributed by atoms with Crippen molar-refractivity contribution in [2.45, 2.75) is 26.4 Å². The van der Waals surface area contributed by atoms with Crippen LogP contribution in [0, 0.1) is 6.92 Å². The maximum atomic E-state index is 10.8. The van der Waals surface area contributed by atoms with Gasteiger partial charge in [0.25, 0.3) is 0 Å². The zero-order valence-corrected chi connectivity index (χ0v) is 9.44. The number of aromatic carboxylic acids is 1. The fraction of sp³-hybridized carbons (Fsp3) is 0.556. The van der Waals surface area contributed by atoms with Crippen LogP contribution in [0.1, 0.15) is 34.2 Å². The van der Waals surface area contributed by atoms with Gasteiger partial charge in [-0.2, -0.15) is 0 Å². The normalized spacial score (nSPS) is 11.7. The maximum Gasteiger partial charge on any atom is 0.347 e. The SMILES string of the molecule is COC(C)(C)c1nc(C)c(C(=O)O)s1. The van der Waals surface area contributed by atoms with Crippen LogP contribution in [0.2, 0.25) is 0 Å². The Morgan fingerprint density at radius 3 is 2.50 bits per heavy atom. The monoisotopic (exact) mass is 215 g/mol. The number of rotatable bonds is 3. The van der Waals surface area contributed by atoms with Crippen LogP contribution in [0.25, 0.3) is 0 Å². The summed E-state index contributed by atoms with van der Waals surface area (Å²) in [5, 5.41) is 9.54. The molecule has 5 heteroatoms. The largest absolute Gasteiger partial charge is 0.477 e. The van der Waals surface area contributed by atoms with Crippen molar-refractivity contribution >= 4 is 17.3 Å². The lowest BCUT2D eigenvalue weighted by Gasteiger charge is -2.19. The summed E-state index contributed by atoms with van der Waals surface area (Å²) in [4.78, 5) is 15.2. The summed E-state index contributed by atoms with van der Waals surface area (Å²) in [5.74, 6) is -0.932. The number of nitrogens with zero attached hydrogens (tertiary/aromatic N) is 1. The molecule has 1 N–H and O–H groups in total. The molecule has 0 aromatic carbocycles. The molecule has 0 amide bonds. The van der Waals surface area contributed by atoms with Gasteiger partial charge in [-0.15, -0.1) is 11.3 Å². The molecule has 1 heterocycles. The third-order valence-corrected chi connectivity index (χ3v) is 3.47. The van der Waals surface area contributed by atoms with Crippen LogP contribution in [0.3, 0.4) is 0 Å². The second-order valence-corrected chi connectivity index (χ2v) is 4.45. The van der Waals surface area contributed by atoms with E-state index in [0.29, 0.717) is 10.7 Å². The molecule has 78 valence electrons. The van der Waals surface area contributed by atoms with Gasteiger partial charge < -0.3 is 9.84 Å². The Hall–Kier alpha value is -0.940. The number of methoxy groups -OCH3 is 1. The van der Waals surface area contributed by atoms with Crippen molar-refractivity contribution in [3.63, 3.8) is 0 Å². The van der Waals surface area contributed by atoms with Crippen molar-refractivity contribution in [2.75, 3.05) is 7.11 Å². The van der Waals surface area contributed by atoms with Gasteiger partial charge in [-0.3, -0.25) is 0 Å². The van der Waals surface area contributed by atoms with Crippen LogP contribution in [0.15, 0.2) is 0 Å². The van der Waals surface area contributed by atoms with Gasteiger partial charge in [-0.05, 0) is 20.8 Å². The molecular formula is C9H13NO3S. The lowest BCUT2D eigenvalue weighted by atomic mass is 10.1. The van der Waals surface area contributed by atoms with E-state index >= 15 is 0 Å². The number of carbonyl (C=O) groups is 1. The van der Waals surface area contributed by atoms with E-state index in [1.54, 1.807) is 14.0 Å². The average molecular weight is 215 g/mol. The van der Waals surface area contributed by atoms with Crippen LogP contribution >= 0.6 is 11.3 Å². The van der Waals surface area contributed by atoms with Crippen LogP contribution < -0.4 is 0 Å². The highest BCUT2D eigenvalue weighted by molar-refractivity contribution is 7.13. The molecular weight excluding hydrogens is 202 g/mol. The number of thiazole rings is 1. The van der Waals surface area contributed by atoms with E-state index in [1.165, 1.54) is 0 Å². The summed E-state index contributed by atoms with van der Waals surface area (Å²) in [5.41, 5.74) is 0.0194. The van der Waals surface area contributed by atoms with Crippen LogP contribution in [0.4, 0.5) is 0 Å². The maximum absolute atomic E-state index is 10.8. The minimum atomic E-state index is -0.932. The Bertz CT molecular complexity index is 357. The molecule has 14 heavy (non-hydrogen) atoms. The molecule has 1 rings (SSSR count). The molecule has 0 bridgehead atoms. The first-order chi connectivity index (χ1) is 6.38. The number of carboxylic acids is 1. The van der Waals surface area contributed by atoms with Gasteiger partial charge in [0.2, 0.25) is 0 Å². The molecule has 0 aliphatic heterocycles. The van der Waals surface area contributed by atoms with Crippen molar-refractivity contribution in [2.24, 2.45) is 0 Å². The molecule has 0 spiro atoms. The van der Waals surface area contributed by atoms with Gasteiger partial charge in [0.15, 0.2) is 0 Å². The highest BCUT2D eigenvalue weighted by Crippen LogP contribution is 2.29. The van der Waals surface area contributed by atoms with Crippen molar-refractivity contribution in [1.29, 1.82) is 0 Å². The first kappa shape index (κ1) is 11.1. The number of aromatic nitrogens is 1. The lowest BCUT2D eigenvalue weighted by molar-refractivity contribution is 0.0189. The summed E-state index contributed by atoms with van der Waals surface area (Å²) in [6.45, 7) is 5.41. The average Bonchev–Trinajstić information content (AvgIpc) is 2.48. The molecule has 0 saturated carbocycles. The van der Waals surface area contributed by atoms with Crippen LogP contribution in [0.5, 0.6) is 0 Å². The van der Waals surface area contributed by atoms with Gasteiger partial charge in [-0.1, -0.05) is 0 Å². The zero-order valence-electron chi connectivity index (χ0n) is 8.62. The summed E-state index contributed by atoms with van der Waals surface area (Å²) >= 11 is 1.16. The summed E-state index contributed by atoms with van der Waals surface area (Å²) < 4.78 is 5.23. The molecule has 0 saturated heterocycles. The molecule has 1 aromatic rings. The smallest absolute Gasteiger partial charge is 0.347 e. The molecule has 1 aromatic heterocycles. The van der Waals surface area contributed by atoms with E-state index in [9.17, 15) is 4.79 Å². The van der Waals surface area contributed by atoms with E-state index in [0.717, 1.165) is 11.3 Å². The Morgan fingerprint density at radius 2 is 2.14 bits per heavy atom. The van der Waals surface area contributed by atoms with Crippen LogP contribution in [-0.4, -0.2) is 23.2 Å². The van der Waals surface area contributed by atoms with E-state index in [1.807, 2.05) is 13.8 Å². The summed E-state index contributed by atoms with van der Waals surface area (Å²) in [6, 6.07) is 0. The van der Waals surface area contributed by atoms with Crippen molar-refractivity contribution in [3.05, 3.63) is 15.6 Å². The second kappa shape index (κ2) is 3.67. The van der Waals surface area contributed by atoms with Gasteiger partial charge in [0, 0.05) is 7.11 Å². The zero-order chi connectivity index (χ0) is 10.9. The number of carboxylic acid groups (broad SMARTS) is 1. The Balaban J connectivity index is 3.15. The third-order valence-electron chi connectivity index (χ3n) is 2.02. The van der Waals surface area contributed by atoms with Crippen LogP contribution in [-0.2, 0) is 10.3 Å². The standard InChI is InChI=1S/C9H13NO3S/c1-5-6(7(11)12)14-8(10-5)9(2,3)13-4/h1-4H3,(H,11,12). The third kappa shape index (κ3) is 1.93.